The monoisotopic (exact) mass is 407 g/mol. The molecule has 1 aromatic heterocycles. The highest BCUT2D eigenvalue weighted by molar-refractivity contribution is 6.33. The summed E-state index contributed by atoms with van der Waals surface area (Å²) in [7, 11) is 0. The molecule has 1 N–H and O–H groups in total. The number of anilines is 1. The van der Waals surface area contributed by atoms with Crippen molar-refractivity contribution in [2.24, 2.45) is 5.92 Å². The van der Waals surface area contributed by atoms with Gasteiger partial charge in [-0.3, -0.25) is 14.4 Å². The van der Waals surface area contributed by atoms with Crippen LogP contribution in [0.5, 0.6) is 0 Å². The van der Waals surface area contributed by atoms with Crippen molar-refractivity contribution in [2.75, 3.05) is 18.5 Å². The lowest BCUT2D eigenvalue weighted by Crippen LogP contribution is -2.33. The molecule has 0 saturated carbocycles. The fourth-order valence-electron chi connectivity index (χ4n) is 2.50. The van der Waals surface area contributed by atoms with Gasteiger partial charge in [0.05, 0.1) is 16.5 Å². The van der Waals surface area contributed by atoms with Crippen molar-refractivity contribution in [3.05, 3.63) is 22.8 Å². The van der Waals surface area contributed by atoms with Crippen LogP contribution in [0, 0.1) is 5.92 Å². The molecule has 1 saturated heterocycles. The first-order valence-electron chi connectivity index (χ1n) is 7.97. The van der Waals surface area contributed by atoms with Crippen molar-refractivity contribution < 1.29 is 32.3 Å². The summed E-state index contributed by atoms with van der Waals surface area (Å²) < 4.78 is 42.5. The van der Waals surface area contributed by atoms with Crippen LogP contribution in [0.2, 0.25) is 5.02 Å². The molecule has 0 radical (unpaired) electrons. The summed E-state index contributed by atoms with van der Waals surface area (Å²) >= 11 is 5.68. The van der Waals surface area contributed by atoms with Gasteiger partial charge in [-0.05, 0) is 19.9 Å². The molecule has 2 rings (SSSR count). The zero-order valence-electron chi connectivity index (χ0n) is 14.5. The highest BCUT2D eigenvalue weighted by atomic mass is 35.5. The van der Waals surface area contributed by atoms with E-state index in [0.29, 0.717) is 12.3 Å². The van der Waals surface area contributed by atoms with Crippen molar-refractivity contribution in [2.45, 2.75) is 32.5 Å². The van der Waals surface area contributed by atoms with Gasteiger partial charge in [-0.25, -0.2) is 4.98 Å². The summed E-state index contributed by atoms with van der Waals surface area (Å²) in [5.41, 5.74) is -1.06. The Morgan fingerprint density at radius 1 is 1.44 bits per heavy atom. The van der Waals surface area contributed by atoms with E-state index >= 15 is 0 Å². The number of hydrogen-bond acceptors (Lipinski definition) is 5. The molecule has 0 bridgehead atoms. The van der Waals surface area contributed by atoms with Crippen LogP contribution < -0.4 is 5.32 Å². The van der Waals surface area contributed by atoms with Gasteiger partial charge in [-0.2, -0.15) is 13.2 Å². The maximum absolute atomic E-state index is 12.6. The summed E-state index contributed by atoms with van der Waals surface area (Å²) in [6.07, 6.45) is -4.08. The third kappa shape index (κ3) is 5.31. The van der Waals surface area contributed by atoms with Gasteiger partial charge >= 0.3 is 12.1 Å². The van der Waals surface area contributed by atoms with Crippen LogP contribution in [-0.2, 0) is 25.3 Å². The van der Waals surface area contributed by atoms with E-state index in [0.717, 1.165) is 0 Å². The Balaban J connectivity index is 1.88. The second-order valence-electron chi connectivity index (χ2n) is 6.25. The molecule has 148 valence electrons. The van der Waals surface area contributed by atoms with E-state index in [4.69, 9.17) is 16.3 Å². The number of nitrogens with one attached hydrogen (secondary N) is 1. The van der Waals surface area contributed by atoms with Crippen molar-refractivity contribution in [3.8, 4) is 0 Å². The Labute approximate surface area is 157 Å². The number of carbonyl (C=O) groups excluding carboxylic acids is 3. The lowest BCUT2D eigenvalue weighted by molar-refractivity contribution is -0.151. The molecule has 1 aromatic rings. The Kier molecular flexibility index (Phi) is 6.30. The normalized spacial score (nSPS) is 17.4. The molecule has 1 aliphatic heterocycles. The van der Waals surface area contributed by atoms with Crippen LogP contribution in [0.4, 0.5) is 19.0 Å². The van der Waals surface area contributed by atoms with Crippen LogP contribution in [-0.4, -0.2) is 46.9 Å². The lowest BCUT2D eigenvalue weighted by atomic mass is 10.1. The molecular formula is C16H17ClF3N3O4. The number of rotatable bonds is 5. The number of alkyl halides is 3. The Morgan fingerprint density at radius 3 is 2.63 bits per heavy atom. The van der Waals surface area contributed by atoms with Crippen molar-refractivity contribution in [3.63, 3.8) is 0 Å². The largest absolute Gasteiger partial charge is 0.455 e. The van der Waals surface area contributed by atoms with E-state index in [1.54, 1.807) is 0 Å². The molecular weight excluding hydrogens is 391 g/mol. The molecule has 1 atom stereocenters. The first kappa shape index (κ1) is 20.9. The average Bonchev–Trinajstić information content (AvgIpc) is 2.95. The number of ether oxygens (including phenoxy) is 1. The van der Waals surface area contributed by atoms with Gasteiger partial charge in [0.2, 0.25) is 5.91 Å². The van der Waals surface area contributed by atoms with Crippen molar-refractivity contribution in [1.29, 1.82) is 0 Å². The first-order chi connectivity index (χ1) is 12.5. The number of carbonyl (C=O) groups is 3. The van der Waals surface area contributed by atoms with E-state index in [9.17, 15) is 27.6 Å². The summed E-state index contributed by atoms with van der Waals surface area (Å²) in [6, 6.07) is 0.576. The van der Waals surface area contributed by atoms with E-state index < -0.39 is 41.2 Å². The van der Waals surface area contributed by atoms with Crippen LogP contribution in [0.15, 0.2) is 12.3 Å². The standard InChI is InChI=1S/C16H17ClF3N3O4/c1-8(2)23-6-9(3-13(23)25)15(26)27-7-12(24)22-14-11(17)4-10(5-21-14)16(18,19)20/h4-5,8-9H,3,6-7H2,1-2H3,(H,21,22,24). The molecule has 1 unspecified atom stereocenters. The van der Waals surface area contributed by atoms with E-state index in [2.05, 4.69) is 10.3 Å². The molecule has 1 aliphatic rings. The number of esters is 1. The van der Waals surface area contributed by atoms with Crippen LogP contribution >= 0.6 is 11.6 Å². The topological polar surface area (TPSA) is 88.6 Å². The Hall–Kier alpha value is -2.36. The number of hydrogen-bond donors (Lipinski definition) is 1. The van der Waals surface area contributed by atoms with Gasteiger partial charge in [0.1, 0.15) is 0 Å². The minimum Gasteiger partial charge on any atom is -0.455 e. The summed E-state index contributed by atoms with van der Waals surface area (Å²) in [5.74, 6) is -2.64. The third-order valence-corrected chi connectivity index (χ3v) is 4.18. The van der Waals surface area contributed by atoms with E-state index in [1.165, 1.54) is 4.90 Å². The molecule has 0 aliphatic carbocycles. The quantitative estimate of drug-likeness (QED) is 0.757. The van der Waals surface area contributed by atoms with Crippen LogP contribution in [0.25, 0.3) is 0 Å². The summed E-state index contributed by atoms with van der Waals surface area (Å²) in [4.78, 5) is 40.6. The summed E-state index contributed by atoms with van der Waals surface area (Å²) in [6.45, 7) is 3.17. The van der Waals surface area contributed by atoms with Crippen molar-refractivity contribution >= 4 is 35.2 Å². The number of nitrogens with zero attached hydrogens (tertiary/aromatic N) is 2. The predicted molar refractivity (Wildman–Crippen MR) is 88.8 cm³/mol. The van der Waals surface area contributed by atoms with Gasteiger partial charge in [-0.1, -0.05) is 11.6 Å². The highest BCUT2D eigenvalue weighted by Gasteiger charge is 2.36. The smallest absolute Gasteiger partial charge is 0.417 e. The minimum atomic E-state index is -4.61. The SMILES string of the molecule is CC(C)N1CC(C(=O)OCC(=O)Nc2ncc(C(F)(F)F)cc2Cl)CC1=O. The van der Waals surface area contributed by atoms with Gasteiger partial charge in [0.25, 0.3) is 5.91 Å². The molecule has 1 fully saturated rings. The number of pyridine rings is 1. The van der Waals surface area contributed by atoms with E-state index in [-0.39, 0.29) is 30.7 Å². The third-order valence-electron chi connectivity index (χ3n) is 3.89. The molecule has 0 spiro atoms. The van der Waals surface area contributed by atoms with Gasteiger partial charge in [-0.15, -0.1) is 0 Å². The number of halogens is 4. The van der Waals surface area contributed by atoms with E-state index in [1.807, 2.05) is 13.8 Å². The first-order valence-corrected chi connectivity index (χ1v) is 8.35. The predicted octanol–water partition coefficient (Wildman–Crippen LogP) is 2.49. The number of aromatic nitrogens is 1. The van der Waals surface area contributed by atoms with Crippen LogP contribution in [0.1, 0.15) is 25.8 Å². The Bertz CT molecular complexity index is 755. The lowest BCUT2D eigenvalue weighted by Gasteiger charge is -2.20. The summed E-state index contributed by atoms with van der Waals surface area (Å²) in [5, 5.41) is 1.76. The average molecular weight is 408 g/mol. The maximum atomic E-state index is 12.6. The molecule has 2 heterocycles. The Morgan fingerprint density at radius 2 is 2.11 bits per heavy atom. The zero-order valence-corrected chi connectivity index (χ0v) is 15.2. The molecule has 2 amide bonds. The van der Waals surface area contributed by atoms with Gasteiger partial charge in [0.15, 0.2) is 12.4 Å². The maximum Gasteiger partial charge on any atom is 0.417 e. The molecule has 0 aromatic carbocycles. The highest BCUT2D eigenvalue weighted by Crippen LogP contribution is 2.32. The number of amides is 2. The molecule has 11 heteroatoms. The van der Waals surface area contributed by atoms with Gasteiger partial charge < -0.3 is 15.0 Å². The number of likely N-dealkylation sites (tertiary alicyclic amines) is 1. The van der Waals surface area contributed by atoms with Gasteiger partial charge in [0, 0.05) is 25.2 Å². The second-order valence-corrected chi connectivity index (χ2v) is 6.66. The zero-order chi connectivity index (χ0) is 20.4. The second kappa shape index (κ2) is 8.12. The fraction of sp³-hybridized carbons (Fsp3) is 0.500. The van der Waals surface area contributed by atoms with Crippen molar-refractivity contribution in [1.82, 2.24) is 9.88 Å². The molecule has 7 nitrogen and oxygen atoms in total. The van der Waals surface area contributed by atoms with Crippen LogP contribution in [0.3, 0.4) is 0 Å². The molecule has 27 heavy (non-hydrogen) atoms. The minimum absolute atomic E-state index is 0.00488. The fourth-order valence-corrected chi connectivity index (χ4v) is 2.71.